The molecule has 0 heterocycles. The summed E-state index contributed by atoms with van der Waals surface area (Å²) < 4.78 is 0. The normalized spacial score (nSPS) is 12.9. The minimum absolute atomic E-state index is 0.0341. The molecule has 1 unspecified atom stereocenters. The number of carbonyl (C=O) groups is 1. The predicted octanol–water partition coefficient (Wildman–Crippen LogP) is 2.43. The second kappa shape index (κ2) is 6.14. The van der Waals surface area contributed by atoms with E-state index in [2.05, 4.69) is 0 Å². The summed E-state index contributed by atoms with van der Waals surface area (Å²) in [6.45, 7) is 1.86. The van der Waals surface area contributed by atoms with Crippen LogP contribution in [-0.4, -0.2) is 17.0 Å². The summed E-state index contributed by atoms with van der Waals surface area (Å²) in [5.74, 6) is -0.0341. The summed E-state index contributed by atoms with van der Waals surface area (Å²) in [5.41, 5.74) is 0.997. The molecule has 0 aliphatic heterocycles. The first-order valence-corrected chi connectivity index (χ1v) is 5.16. The summed E-state index contributed by atoms with van der Waals surface area (Å²) in [6, 6.07) is 9.64. The van der Waals surface area contributed by atoms with E-state index in [0.717, 1.165) is 5.56 Å². The van der Waals surface area contributed by atoms with Gasteiger partial charge in [0.15, 0.2) is 5.78 Å². The molecule has 0 saturated carbocycles. The van der Waals surface area contributed by atoms with Crippen LogP contribution in [0.2, 0.25) is 0 Å². The van der Waals surface area contributed by atoms with E-state index < -0.39 is 6.10 Å². The number of ketones is 1. The van der Waals surface area contributed by atoms with Crippen LogP contribution < -0.4 is 0 Å². The van der Waals surface area contributed by atoms with Gasteiger partial charge in [-0.15, -0.1) is 0 Å². The van der Waals surface area contributed by atoms with E-state index in [4.69, 9.17) is 0 Å². The van der Waals surface area contributed by atoms with Crippen molar-refractivity contribution in [3.8, 4) is 0 Å². The molecule has 0 amide bonds. The van der Waals surface area contributed by atoms with Crippen LogP contribution in [0.1, 0.15) is 25.3 Å². The molecule has 0 aromatic heterocycles. The van der Waals surface area contributed by atoms with Gasteiger partial charge in [-0.3, -0.25) is 4.79 Å². The highest BCUT2D eigenvalue weighted by atomic mass is 16.3. The molecular weight excluding hydrogens is 188 g/mol. The van der Waals surface area contributed by atoms with Crippen molar-refractivity contribution in [2.45, 2.75) is 25.9 Å². The van der Waals surface area contributed by atoms with Gasteiger partial charge in [-0.25, -0.2) is 0 Å². The van der Waals surface area contributed by atoms with Gasteiger partial charge in [0.05, 0.1) is 6.10 Å². The van der Waals surface area contributed by atoms with Crippen LogP contribution in [0, 0.1) is 0 Å². The Morgan fingerprint density at radius 1 is 1.40 bits per heavy atom. The van der Waals surface area contributed by atoms with E-state index in [9.17, 15) is 9.90 Å². The SMILES string of the molecule is CCC(O)CC(=O)C=Cc1ccccc1. The number of aliphatic hydroxyl groups is 1. The molecule has 80 valence electrons. The Balaban J connectivity index is 2.48. The molecule has 15 heavy (non-hydrogen) atoms. The number of benzene rings is 1. The average molecular weight is 204 g/mol. The van der Waals surface area contributed by atoms with Gasteiger partial charge in [0.1, 0.15) is 0 Å². The Hall–Kier alpha value is -1.41. The fourth-order valence-corrected chi connectivity index (χ4v) is 1.20. The van der Waals surface area contributed by atoms with Crippen molar-refractivity contribution in [3.05, 3.63) is 42.0 Å². The summed E-state index contributed by atoms with van der Waals surface area (Å²) in [7, 11) is 0. The molecule has 0 radical (unpaired) electrons. The molecule has 1 rings (SSSR count). The topological polar surface area (TPSA) is 37.3 Å². The molecule has 1 aromatic carbocycles. The first kappa shape index (κ1) is 11.7. The van der Waals surface area contributed by atoms with Gasteiger partial charge in [0, 0.05) is 6.42 Å². The number of hydrogen-bond donors (Lipinski definition) is 1. The standard InChI is InChI=1S/C13H16O2/c1-2-12(14)10-13(15)9-8-11-6-4-3-5-7-11/h3-9,12,14H,2,10H2,1H3. The maximum absolute atomic E-state index is 11.3. The van der Waals surface area contributed by atoms with E-state index in [1.807, 2.05) is 37.3 Å². The summed E-state index contributed by atoms with van der Waals surface area (Å²) in [6.07, 6.45) is 3.60. The lowest BCUT2D eigenvalue weighted by atomic mass is 10.1. The Morgan fingerprint density at radius 2 is 2.07 bits per heavy atom. The smallest absolute Gasteiger partial charge is 0.158 e. The van der Waals surface area contributed by atoms with Crippen LogP contribution in [0.25, 0.3) is 6.08 Å². The third-order valence-corrected chi connectivity index (χ3v) is 2.17. The number of aliphatic hydroxyl groups excluding tert-OH is 1. The zero-order chi connectivity index (χ0) is 11.1. The number of hydrogen-bond acceptors (Lipinski definition) is 2. The van der Waals surface area contributed by atoms with Crippen molar-refractivity contribution in [2.75, 3.05) is 0 Å². The molecule has 1 aromatic rings. The highest BCUT2D eigenvalue weighted by Gasteiger charge is 2.04. The monoisotopic (exact) mass is 204 g/mol. The zero-order valence-electron chi connectivity index (χ0n) is 8.89. The predicted molar refractivity (Wildman–Crippen MR) is 61.4 cm³/mol. The second-order valence-corrected chi connectivity index (χ2v) is 3.48. The average Bonchev–Trinajstić information content (AvgIpc) is 2.27. The van der Waals surface area contributed by atoms with Gasteiger partial charge in [0.25, 0.3) is 0 Å². The Labute approximate surface area is 90.3 Å². The Bertz CT molecular complexity index is 328. The van der Waals surface area contributed by atoms with Gasteiger partial charge < -0.3 is 5.11 Å². The van der Waals surface area contributed by atoms with Gasteiger partial charge in [-0.05, 0) is 18.1 Å². The number of carbonyl (C=O) groups excluding carboxylic acids is 1. The molecule has 0 aliphatic carbocycles. The van der Waals surface area contributed by atoms with Crippen molar-refractivity contribution in [2.24, 2.45) is 0 Å². The molecular formula is C13H16O2. The molecule has 0 saturated heterocycles. The molecule has 0 spiro atoms. The molecule has 1 atom stereocenters. The highest BCUT2D eigenvalue weighted by Crippen LogP contribution is 2.03. The van der Waals surface area contributed by atoms with Crippen molar-refractivity contribution in [1.82, 2.24) is 0 Å². The molecule has 2 nitrogen and oxygen atoms in total. The van der Waals surface area contributed by atoms with Crippen LogP contribution >= 0.6 is 0 Å². The van der Waals surface area contributed by atoms with Crippen LogP contribution in [0.4, 0.5) is 0 Å². The van der Waals surface area contributed by atoms with Crippen LogP contribution in [0.15, 0.2) is 36.4 Å². The molecule has 2 heteroatoms. The van der Waals surface area contributed by atoms with Gasteiger partial charge in [-0.1, -0.05) is 43.3 Å². The number of allylic oxidation sites excluding steroid dienone is 1. The Morgan fingerprint density at radius 3 is 2.67 bits per heavy atom. The van der Waals surface area contributed by atoms with Crippen molar-refractivity contribution in [3.63, 3.8) is 0 Å². The first-order chi connectivity index (χ1) is 7.22. The fourth-order valence-electron chi connectivity index (χ4n) is 1.20. The Kier molecular flexibility index (Phi) is 4.78. The first-order valence-electron chi connectivity index (χ1n) is 5.16. The van der Waals surface area contributed by atoms with Crippen LogP contribution in [-0.2, 0) is 4.79 Å². The summed E-state index contributed by atoms with van der Waals surface area (Å²) >= 11 is 0. The third kappa shape index (κ3) is 4.56. The quantitative estimate of drug-likeness (QED) is 0.748. The summed E-state index contributed by atoms with van der Waals surface area (Å²) in [5, 5.41) is 9.27. The zero-order valence-corrected chi connectivity index (χ0v) is 8.89. The second-order valence-electron chi connectivity index (χ2n) is 3.48. The molecule has 1 N–H and O–H groups in total. The van der Waals surface area contributed by atoms with Crippen molar-refractivity contribution in [1.29, 1.82) is 0 Å². The molecule has 0 fully saturated rings. The van der Waals surface area contributed by atoms with Gasteiger partial charge >= 0.3 is 0 Å². The van der Waals surface area contributed by atoms with E-state index >= 15 is 0 Å². The van der Waals surface area contributed by atoms with Crippen molar-refractivity contribution < 1.29 is 9.90 Å². The fraction of sp³-hybridized carbons (Fsp3) is 0.308. The van der Waals surface area contributed by atoms with E-state index in [0.29, 0.717) is 6.42 Å². The van der Waals surface area contributed by atoms with E-state index in [1.54, 1.807) is 6.08 Å². The van der Waals surface area contributed by atoms with E-state index in [-0.39, 0.29) is 12.2 Å². The van der Waals surface area contributed by atoms with Gasteiger partial charge in [0.2, 0.25) is 0 Å². The highest BCUT2D eigenvalue weighted by molar-refractivity contribution is 5.93. The lowest BCUT2D eigenvalue weighted by molar-refractivity contribution is -0.116. The maximum Gasteiger partial charge on any atom is 0.158 e. The lowest BCUT2D eigenvalue weighted by Crippen LogP contribution is -2.09. The summed E-state index contributed by atoms with van der Waals surface area (Å²) in [4.78, 5) is 11.3. The third-order valence-electron chi connectivity index (χ3n) is 2.17. The van der Waals surface area contributed by atoms with Crippen LogP contribution in [0.5, 0.6) is 0 Å². The van der Waals surface area contributed by atoms with Gasteiger partial charge in [-0.2, -0.15) is 0 Å². The minimum atomic E-state index is -0.516. The maximum atomic E-state index is 11.3. The number of rotatable bonds is 5. The van der Waals surface area contributed by atoms with E-state index in [1.165, 1.54) is 6.08 Å². The largest absolute Gasteiger partial charge is 0.393 e. The molecule has 0 bridgehead atoms. The lowest BCUT2D eigenvalue weighted by Gasteiger charge is -2.02. The minimum Gasteiger partial charge on any atom is -0.393 e. The van der Waals surface area contributed by atoms with Crippen molar-refractivity contribution >= 4 is 11.9 Å². The molecule has 0 aliphatic rings. The van der Waals surface area contributed by atoms with Crippen LogP contribution in [0.3, 0.4) is 0 Å².